The minimum atomic E-state index is -0.621. The van der Waals surface area contributed by atoms with Gasteiger partial charge in [-0.05, 0) is 25.7 Å². The van der Waals surface area contributed by atoms with Crippen LogP contribution in [-0.4, -0.2) is 37.9 Å². The second-order valence-electron chi connectivity index (χ2n) is 5.91. The summed E-state index contributed by atoms with van der Waals surface area (Å²) in [4.78, 5) is 12.4. The number of methoxy groups -OCH3 is 2. The van der Waals surface area contributed by atoms with Crippen molar-refractivity contribution >= 4 is 5.97 Å². The van der Waals surface area contributed by atoms with Gasteiger partial charge in [0.05, 0.1) is 13.2 Å². The zero-order valence-electron chi connectivity index (χ0n) is 12.2. The lowest BCUT2D eigenvalue weighted by molar-refractivity contribution is -0.159. The summed E-state index contributed by atoms with van der Waals surface area (Å²) in [5, 5.41) is 3.62. The van der Waals surface area contributed by atoms with E-state index < -0.39 is 5.54 Å². The van der Waals surface area contributed by atoms with Crippen molar-refractivity contribution in [1.82, 2.24) is 5.32 Å². The van der Waals surface area contributed by atoms with Gasteiger partial charge in [0.1, 0.15) is 5.54 Å². The molecule has 0 spiro atoms. The maximum absolute atomic E-state index is 12.4. The predicted octanol–water partition coefficient (Wildman–Crippen LogP) is 2.41. The molecule has 2 atom stereocenters. The Bertz CT molecular complexity index is 302. The molecule has 110 valence electrons. The largest absolute Gasteiger partial charge is 0.468 e. The molecule has 4 heteroatoms. The fourth-order valence-electron chi connectivity index (χ4n) is 3.71. The standard InChI is InChI=1S/C15H27NO3/c1-18-13-10-6-7-11-15(13,14(17)19-2)16-12-8-4-3-5-9-12/h12-13,16H,3-11H2,1-2H3. The van der Waals surface area contributed by atoms with Gasteiger partial charge in [-0.25, -0.2) is 4.79 Å². The van der Waals surface area contributed by atoms with Gasteiger partial charge in [-0.1, -0.05) is 32.1 Å². The predicted molar refractivity (Wildman–Crippen MR) is 74.0 cm³/mol. The van der Waals surface area contributed by atoms with Crippen molar-refractivity contribution in [2.24, 2.45) is 0 Å². The van der Waals surface area contributed by atoms with Crippen molar-refractivity contribution in [3.05, 3.63) is 0 Å². The van der Waals surface area contributed by atoms with Gasteiger partial charge in [-0.2, -0.15) is 0 Å². The average molecular weight is 269 g/mol. The summed E-state index contributed by atoms with van der Waals surface area (Å²) in [6.45, 7) is 0. The van der Waals surface area contributed by atoms with Gasteiger partial charge < -0.3 is 9.47 Å². The number of esters is 1. The van der Waals surface area contributed by atoms with Crippen molar-refractivity contribution in [3.8, 4) is 0 Å². The Balaban J connectivity index is 2.14. The maximum atomic E-state index is 12.4. The third-order valence-corrected chi connectivity index (χ3v) is 4.74. The third kappa shape index (κ3) is 3.11. The lowest BCUT2D eigenvalue weighted by Crippen LogP contribution is -2.65. The van der Waals surface area contributed by atoms with Crippen LogP contribution in [0.4, 0.5) is 0 Å². The Labute approximate surface area is 116 Å². The van der Waals surface area contributed by atoms with E-state index in [1.807, 2.05) is 0 Å². The van der Waals surface area contributed by atoms with Gasteiger partial charge in [0.25, 0.3) is 0 Å². The van der Waals surface area contributed by atoms with Crippen molar-refractivity contribution in [1.29, 1.82) is 0 Å². The monoisotopic (exact) mass is 269 g/mol. The first-order chi connectivity index (χ1) is 9.23. The topological polar surface area (TPSA) is 47.6 Å². The summed E-state index contributed by atoms with van der Waals surface area (Å²) in [5.74, 6) is -0.148. The summed E-state index contributed by atoms with van der Waals surface area (Å²) < 4.78 is 10.7. The van der Waals surface area contributed by atoms with Gasteiger partial charge in [-0.3, -0.25) is 5.32 Å². The van der Waals surface area contributed by atoms with Crippen LogP contribution < -0.4 is 5.32 Å². The first kappa shape index (κ1) is 14.8. The Kier molecular flexibility index (Phi) is 5.22. The van der Waals surface area contributed by atoms with E-state index in [0.717, 1.165) is 38.5 Å². The molecule has 0 saturated heterocycles. The van der Waals surface area contributed by atoms with E-state index in [0.29, 0.717) is 6.04 Å². The minimum absolute atomic E-state index is 0.0596. The Morgan fingerprint density at radius 3 is 2.37 bits per heavy atom. The van der Waals surface area contributed by atoms with E-state index >= 15 is 0 Å². The molecule has 0 heterocycles. The molecule has 2 fully saturated rings. The smallest absolute Gasteiger partial charge is 0.328 e. The molecule has 2 aliphatic carbocycles. The molecule has 1 N–H and O–H groups in total. The third-order valence-electron chi connectivity index (χ3n) is 4.74. The highest BCUT2D eigenvalue weighted by molar-refractivity contribution is 5.82. The molecule has 2 unspecified atom stereocenters. The molecular formula is C15H27NO3. The van der Waals surface area contributed by atoms with Crippen LogP contribution in [0.25, 0.3) is 0 Å². The molecule has 2 saturated carbocycles. The van der Waals surface area contributed by atoms with E-state index in [1.165, 1.54) is 26.4 Å². The first-order valence-electron chi connectivity index (χ1n) is 7.62. The molecule has 19 heavy (non-hydrogen) atoms. The van der Waals surface area contributed by atoms with Crippen molar-refractivity contribution in [2.45, 2.75) is 75.5 Å². The molecule has 0 aliphatic heterocycles. The van der Waals surface area contributed by atoms with Crippen LogP contribution in [0, 0.1) is 0 Å². The molecule has 0 bridgehead atoms. The Morgan fingerprint density at radius 1 is 1.05 bits per heavy atom. The number of ether oxygens (including phenoxy) is 2. The van der Waals surface area contributed by atoms with Crippen LogP contribution >= 0.6 is 0 Å². The molecule has 2 rings (SSSR count). The van der Waals surface area contributed by atoms with Crippen LogP contribution in [0.5, 0.6) is 0 Å². The lowest BCUT2D eigenvalue weighted by Gasteiger charge is -2.44. The van der Waals surface area contributed by atoms with Crippen LogP contribution in [-0.2, 0) is 14.3 Å². The molecule has 0 aromatic carbocycles. The minimum Gasteiger partial charge on any atom is -0.468 e. The van der Waals surface area contributed by atoms with Gasteiger partial charge in [0.15, 0.2) is 0 Å². The highest BCUT2D eigenvalue weighted by Gasteiger charge is 2.49. The summed E-state index contributed by atoms with van der Waals surface area (Å²) in [7, 11) is 3.18. The number of rotatable bonds is 4. The fraction of sp³-hybridized carbons (Fsp3) is 0.933. The van der Waals surface area contributed by atoms with E-state index in [9.17, 15) is 4.79 Å². The summed E-state index contributed by atoms with van der Waals surface area (Å²) in [6.07, 6.45) is 10.1. The van der Waals surface area contributed by atoms with Crippen LogP contribution in [0.2, 0.25) is 0 Å². The molecule has 4 nitrogen and oxygen atoms in total. The molecule has 2 aliphatic rings. The van der Waals surface area contributed by atoms with E-state index in [2.05, 4.69) is 5.32 Å². The van der Waals surface area contributed by atoms with Crippen molar-refractivity contribution in [2.75, 3.05) is 14.2 Å². The Morgan fingerprint density at radius 2 is 1.74 bits per heavy atom. The number of nitrogens with one attached hydrogen (secondary N) is 1. The average Bonchev–Trinajstić information content (AvgIpc) is 2.47. The van der Waals surface area contributed by atoms with Crippen molar-refractivity contribution in [3.63, 3.8) is 0 Å². The zero-order valence-corrected chi connectivity index (χ0v) is 12.2. The summed E-state index contributed by atoms with van der Waals surface area (Å²) in [6, 6.07) is 0.434. The quantitative estimate of drug-likeness (QED) is 0.796. The highest BCUT2D eigenvalue weighted by Crippen LogP contribution is 2.34. The maximum Gasteiger partial charge on any atom is 0.328 e. The van der Waals surface area contributed by atoms with Crippen LogP contribution in [0.1, 0.15) is 57.8 Å². The zero-order chi connectivity index (χ0) is 13.7. The summed E-state index contributed by atoms with van der Waals surface area (Å²) in [5.41, 5.74) is -0.621. The van der Waals surface area contributed by atoms with Gasteiger partial charge in [0, 0.05) is 13.2 Å². The normalized spacial score (nSPS) is 33.1. The van der Waals surface area contributed by atoms with E-state index in [4.69, 9.17) is 9.47 Å². The number of carbonyl (C=O) groups excluding carboxylic acids is 1. The summed E-state index contributed by atoms with van der Waals surface area (Å²) >= 11 is 0. The lowest BCUT2D eigenvalue weighted by atomic mass is 9.77. The van der Waals surface area contributed by atoms with E-state index in [1.54, 1.807) is 7.11 Å². The van der Waals surface area contributed by atoms with E-state index in [-0.39, 0.29) is 12.1 Å². The fourth-order valence-corrected chi connectivity index (χ4v) is 3.71. The number of hydrogen-bond acceptors (Lipinski definition) is 4. The molecule has 0 radical (unpaired) electrons. The van der Waals surface area contributed by atoms with Crippen LogP contribution in [0.15, 0.2) is 0 Å². The Hall–Kier alpha value is -0.610. The SMILES string of the molecule is COC(=O)C1(NC2CCCCC2)CCCCC1OC. The highest BCUT2D eigenvalue weighted by atomic mass is 16.5. The van der Waals surface area contributed by atoms with Crippen LogP contribution in [0.3, 0.4) is 0 Å². The molecule has 0 aromatic heterocycles. The second-order valence-corrected chi connectivity index (χ2v) is 5.91. The van der Waals surface area contributed by atoms with Gasteiger partial charge >= 0.3 is 5.97 Å². The molecule has 0 amide bonds. The van der Waals surface area contributed by atoms with Gasteiger partial charge in [0.2, 0.25) is 0 Å². The number of carbonyl (C=O) groups is 1. The number of hydrogen-bond donors (Lipinski definition) is 1. The van der Waals surface area contributed by atoms with Crippen molar-refractivity contribution < 1.29 is 14.3 Å². The van der Waals surface area contributed by atoms with Gasteiger partial charge in [-0.15, -0.1) is 0 Å². The first-order valence-corrected chi connectivity index (χ1v) is 7.62. The molecule has 0 aromatic rings. The second kappa shape index (κ2) is 6.71. The molecular weight excluding hydrogens is 242 g/mol.